The van der Waals surface area contributed by atoms with Crippen molar-refractivity contribution in [3.8, 4) is 10.7 Å². The van der Waals surface area contributed by atoms with Gasteiger partial charge in [0.2, 0.25) is 0 Å². The number of hydrogen-bond donors (Lipinski definition) is 0. The smallest absolute Gasteiger partial charge is 0.279 e. The van der Waals surface area contributed by atoms with E-state index in [1.165, 1.54) is 11.3 Å². The van der Waals surface area contributed by atoms with Crippen LogP contribution in [0.1, 0.15) is 10.4 Å². The zero-order chi connectivity index (χ0) is 17.2. The van der Waals surface area contributed by atoms with Gasteiger partial charge in [-0.1, -0.05) is 6.07 Å². The van der Waals surface area contributed by atoms with Crippen molar-refractivity contribution < 1.29 is 9.53 Å². The summed E-state index contributed by atoms with van der Waals surface area (Å²) >= 11 is 1.36. The fourth-order valence-electron chi connectivity index (χ4n) is 2.74. The molecule has 4 rings (SSSR count). The number of pyridine rings is 1. The lowest BCUT2D eigenvalue weighted by Gasteiger charge is -2.26. The van der Waals surface area contributed by atoms with Crippen LogP contribution in [0.4, 0.5) is 0 Å². The Kier molecular flexibility index (Phi) is 4.25. The molecule has 0 atom stereocenters. The van der Waals surface area contributed by atoms with E-state index in [0.29, 0.717) is 48.0 Å². The van der Waals surface area contributed by atoms with Gasteiger partial charge in [0.15, 0.2) is 0 Å². The summed E-state index contributed by atoms with van der Waals surface area (Å²) in [6, 6.07) is 10.6. The van der Waals surface area contributed by atoms with Crippen LogP contribution in [0.15, 0.2) is 47.4 Å². The van der Waals surface area contributed by atoms with Gasteiger partial charge in [-0.25, -0.2) is 0 Å². The molecule has 0 saturated carbocycles. The Balaban J connectivity index is 1.76. The highest BCUT2D eigenvalue weighted by molar-refractivity contribution is 7.21. The second-order valence-electron chi connectivity index (χ2n) is 5.65. The predicted octanol–water partition coefficient (Wildman–Crippen LogP) is 2.19. The maximum absolute atomic E-state index is 12.7. The van der Waals surface area contributed by atoms with Gasteiger partial charge in [0.1, 0.15) is 5.01 Å². The summed E-state index contributed by atoms with van der Waals surface area (Å²) in [5, 5.41) is 1.07. The molecule has 0 N–H and O–H groups in total. The Morgan fingerprint density at radius 2 is 2.00 bits per heavy atom. The minimum atomic E-state index is -0.306. The first-order valence-corrected chi connectivity index (χ1v) is 8.77. The van der Waals surface area contributed by atoms with E-state index in [1.807, 2.05) is 18.2 Å². The Bertz CT molecular complexity index is 982. The predicted molar refractivity (Wildman–Crippen MR) is 95.8 cm³/mol. The van der Waals surface area contributed by atoms with Gasteiger partial charge >= 0.3 is 0 Å². The molecule has 1 aliphatic heterocycles. The molecule has 1 amide bonds. The SMILES string of the molecule is O=C(c1ccc2c(=O)nc(-c3ccccn3)sc2c1)N1CCOCC1. The van der Waals surface area contributed by atoms with Crippen LogP contribution < -0.4 is 5.56 Å². The largest absolute Gasteiger partial charge is 0.378 e. The summed E-state index contributed by atoms with van der Waals surface area (Å²) in [7, 11) is 0. The number of nitrogens with zero attached hydrogens (tertiary/aromatic N) is 3. The highest BCUT2D eigenvalue weighted by Crippen LogP contribution is 2.25. The lowest BCUT2D eigenvalue weighted by molar-refractivity contribution is 0.0303. The first-order valence-electron chi connectivity index (χ1n) is 7.96. The minimum Gasteiger partial charge on any atom is -0.378 e. The van der Waals surface area contributed by atoms with E-state index in [9.17, 15) is 9.59 Å². The molecule has 1 saturated heterocycles. The van der Waals surface area contributed by atoms with E-state index in [0.717, 1.165) is 4.70 Å². The normalized spacial score (nSPS) is 14.6. The van der Waals surface area contributed by atoms with E-state index in [4.69, 9.17) is 4.74 Å². The molecule has 0 spiro atoms. The van der Waals surface area contributed by atoms with E-state index in [2.05, 4.69) is 9.97 Å². The number of aromatic nitrogens is 2. The van der Waals surface area contributed by atoms with Gasteiger partial charge in [-0.2, -0.15) is 4.98 Å². The Hall–Kier alpha value is -2.64. The van der Waals surface area contributed by atoms with Crippen molar-refractivity contribution in [3.05, 3.63) is 58.5 Å². The monoisotopic (exact) mass is 353 g/mol. The average molecular weight is 353 g/mol. The molecule has 126 valence electrons. The number of rotatable bonds is 2. The van der Waals surface area contributed by atoms with Crippen LogP contribution in [0.25, 0.3) is 20.8 Å². The van der Waals surface area contributed by atoms with E-state index >= 15 is 0 Å². The number of morpholine rings is 1. The van der Waals surface area contributed by atoms with Crippen LogP contribution >= 0.6 is 11.3 Å². The summed E-state index contributed by atoms with van der Waals surface area (Å²) in [6.45, 7) is 2.28. The molecule has 0 unspecified atom stereocenters. The molecule has 1 aromatic carbocycles. The molecule has 3 heterocycles. The molecule has 3 aromatic rings. The quantitative estimate of drug-likeness (QED) is 0.706. The van der Waals surface area contributed by atoms with Crippen molar-refractivity contribution in [2.24, 2.45) is 0 Å². The van der Waals surface area contributed by atoms with Crippen LogP contribution in [0, 0.1) is 0 Å². The number of benzene rings is 1. The van der Waals surface area contributed by atoms with Crippen molar-refractivity contribution in [2.45, 2.75) is 0 Å². The molecule has 6 nitrogen and oxygen atoms in total. The van der Waals surface area contributed by atoms with Crippen LogP contribution in [0.2, 0.25) is 0 Å². The molecular weight excluding hydrogens is 338 g/mol. The van der Waals surface area contributed by atoms with Crippen molar-refractivity contribution in [2.75, 3.05) is 26.3 Å². The van der Waals surface area contributed by atoms with Gasteiger partial charge in [-0.05, 0) is 30.3 Å². The first kappa shape index (κ1) is 15.9. The second kappa shape index (κ2) is 6.70. The highest BCUT2D eigenvalue weighted by atomic mass is 32.1. The number of hydrogen-bond acceptors (Lipinski definition) is 6. The van der Waals surface area contributed by atoms with Crippen LogP contribution in [0.5, 0.6) is 0 Å². The van der Waals surface area contributed by atoms with Crippen molar-refractivity contribution >= 4 is 27.3 Å². The molecule has 7 heteroatoms. The number of carbonyl (C=O) groups is 1. The molecule has 0 aliphatic carbocycles. The van der Waals surface area contributed by atoms with E-state index in [1.54, 1.807) is 29.3 Å². The number of ether oxygens (including phenoxy) is 1. The second-order valence-corrected chi connectivity index (χ2v) is 6.69. The Morgan fingerprint density at radius 3 is 2.76 bits per heavy atom. The molecule has 0 radical (unpaired) electrons. The van der Waals surface area contributed by atoms with Gasteiger partial charge in [-0.15, -0.1) is 11.3 Å². The van der Waals surface area contributed by atoms with Crippen LogP contribution in [-0.4, -0.2) is 47.1 Å². The zero-order valence-electron chi connectivity index (χ0n) is 13.3. The Morgan fingerprint density at radius 1 is 1.16 bits per heavy atom. The van der Waals surface area contributed by atoms with Crippen molar-refractivity contribution in [3.63, 3.8) is 0 Å². The van der Waals surface area contributed by atoms with Gasteiger partial charge in [0.05, 0.1) is 24.3 Å². The highest BCUT2D eigenvalue weighted by Gasteiger charge is 2.19. The molecule has 25 heavy (non-hydrogen) atoms. The first-order chi connectivity index (χ1) is 12.2. The topological polar surface area (TPSA) is 72.4 Å². The lowest BCUT2D eigenvalue weighted by Crippen LogP contribution is -2.40. The van der Waals surface area contributed by atoms with Crippen molar-refractivity contribution in [1.82, 2.24) is 14.9 Å². The zero-order valence-corrected chi connectivity index (χ0v) is 14.2. The number of carbonyl (C=O) groups excluding carboxylic acids is 1. The number of amides is 1. The van der Waals surface area contributed by atoms with Crippen LogP contribution in [-0.2, 0) is 4.74 Å². The maximum atomic E-state index is 12.7. The molecule has 2 aromatic heterocycles. The molecule has 1 fully saturated rings. The summed E-state index contributed by atoms with van der Waals surface area (Å²) in [4.78, 5) is 35.1. The number of fused-ring (bicyclic) bond motifs is 1. The Labute approximate surface area is 147 Å². The standard InChI is InChI=1S/C18H15N3O3S/c22-16-13-5-4-12(18(23)21-7-9-24-10-8-21)11-15(13)25-17(20-16)14-3-1-2-6-19-14/h1-6,11H,7-10H2. The average Bonchev–Trinajstić information content (AvgIpc) is 2.68. The summed E-state index contributed by atoms with van der Waals surface area (Å²) < 4.78 is 6.02. The van der Waals surface area contributed by atoms with E-state index in [-0.39, 0.29) is 11.5 Å². The van der Waals surface area contributed by atoms with Crippen LogP contribution in [0.3, 0.4) is 0 Å². The molecular formula is C18H15N3O3S. The van der Waals surface area contributed by atoms with Gasteiger partial charge < -0.3 is 9.64 Å². The lowest BCUT2D eigenvalue weighted by atomic mass is 10.1. The fraction of sp³-hybridized carbons (Fsp3) is 0.222. The fourth-order valence-corrected chi connectivity index (χ4v) is 3.76. The maximum Gasteiger partial charge on any atom is 0.279 e. The van der Waals surface area contributed by atoms with E-state index < -0.39 is 0 Å². The third-order valence-corrected chi connectivity index (χ3v) is 5.10. The van der Waals surface area contributed by atoms with Gasteiger partial charge in [0.25, 0.3) is 11.5 Å². The third kappa shape index (κ3) is 3.16. The summed E-state index contributed by atoms with van der Waals surface area (Å²) in [5.74, 6) is -0.0407. The van der Waals surface area contributed by atoms with Gasteiger partial charge in [-0.3, -0.25) is 14.6 Å². The summed E-state index contributed by atoms with van der Waals surface area (Å²) in [5.41, 5.74) is 0.916. The van der Waals surface area contributed by atoms with Crippen molar-refractivity contribution in [1.29, 1.82) is 0 Å². The summed E-state index contributed by atoms with van der Waals surface area (Å²) in [6.07, 6.45) is 1.66. The van der Waals surface area contributed by atoms with Gasteiger partial charge in [0, 0.05) is 29.5 Å². The third-order valence-electron chi connectivity index (χ3n) is 4.05. The minimum absolute atomic E-state index is 0.0407. The molecule has 0 bridgehead atoms. The molecule has 1 aliphatic rings.